The molecule has 5 heteroatoms. The zero-order valence-electron chi connectivity index (χ0n) is 12.5. The van der Waals surface area contributed by atoms with E-state index in [0.717, 1.165) is 37.2 Å². The van der Waals surface area contributed by atoms with Gasteiger partial charge in [-0.15, -0.1) is 10.2 Å². The van der Waals surface area contributed by atoms with Crippen molar-refractivity contribution in [3.63, 3.8) is 0 Å². The highest BCUT2D eigenvalue weighted by Gasteiger charge is 2.18. The SMILES string of the molecule is CCCN(Cc1nnc(C)n1C)CC1CCCNC1. The number of aryl methyl sites for hydroxylation is 1. The molecule has 0 spiro atoms. The maximum absolute atomic E-state index is 4.29. The number of aromatic nitrogens is 3. The molecule has 19 heavy (non-hydrogen) atoms. The standard InChI is InChI=1S/C14H27N5/c1-4-8-19(10-13-6-5-7-15-9-13)11-14-17-16-12(2)18(14)3/h13,15H,4-11H2,1-3H3. The quantitative estimate of drug-likeness (QED) is 0.843. The Labute approximate surface area is 116 Å². The molecule has 0 saturated carbocycles. The van der Waals surface area contributed by atoms with Gasteiger partial charge in [-0.3, -0.25) is 4.90 Å². The maximum Gasteiger partial charge on any atom is 0.146 e. The van der Waals surface area contributed by atoms with Crippen molar-refractivity contribution in [2.75, 3.05) is 26.2 Å². The molecular formula is C14H27N5. The molecular weight excluding hydrogens is 238 g/mol. The molecule has 1 aliphatic rings. The molecule has 2 heterocycles. The zero-order chi connectivity index (χ0) is 13.7. The summed E-state index contributed by atoms with van der Waals surface area (Å²) < 4.78 is 2.10. The van der Waals surface area contributed by atoms with Crippen LogP contribution in [0, 0.1) is 12.8 Å². The van der Waals surface area contributed by atoms with Crippen molar-refractivity contribution in [1.29, 1.82) is 0 Å². The molecule has 0 amide bonds. The van der Waals surface area contributed by atoms with Gasteiger partial charge in [-0.05, 0) is 51.7 Å². The largest absolute Gasteiger partial charge is 0.317 e. The number of nitrogens with one attached hydrogen (secondary N) is 1. The third-order valence-electron chi connectivity index (χ3n) is 4.00. The zero-order valence-corrected chi connectivity index (χ0v) is 12.5. The Bertz CT molecular complexity index is 381. The van der Waals surface area contributed by atoms with Gasteiger partial charge in [0.1, 0.15) is 11.6 Å². The van der Waals surface area contributed by atoms with Crippen LogP contribution in [0.2, 0.25) is 0 Å². The highest BCUT2D eigenvalue weighted by Crippen LogP contribution is 2.14. The molecule has 1 fully saturated rings. The Morgan fingerprint density at radius 2 is 2.26 bits per heavy atom. The minimum Gasteiger partial charge on any atom is -0.317 e. The Hall–Kier alpha value is -0.940. The van der Waals surface area contributed by atoms with Gasteiger partial charge in [-0.25, -0.2) is 0 Å². The summed E-state index contributed by atoms with van der Waals surface area (Å²) in [6.07, 6.45) is 3.86. The average molecular weight is 265 g/mol. The van der Waals surface area contributed by atoms with Gasteiger partial charge >= 0.3 is 0 Å². The highest BCUT2D eigenvalue weighted by molar-refractivity contribution is 4.92. The van der Waals surface area contributed by atoms with Crippen LogP contribution in [-0.4, -0.2) is 45.8 Å². The number of hydrogen-bond donors (Lipinski definition) is 1. The van der Waals surface area contributed by atoms with Crippen molar-refractivity contribution in [2.24, 2.45) is 13.0 Å². The topological polar surface area (TPSA) is 46.0 Å². The lowest BCUT2D eigenvalue weighted by molar-refractivity contribution is 0.196. The number of rotatable bonds is 6. The van der Waals surface area contributed by atoms with E-state index < -0.39 is 0 Å². The first-order chi connectivity index (χ1) is 9.20. The smallest absolute Gasteiger partial charge is 0.146 e. The molecule has 108 valence electrons. The van der Waals surface area contributed by atoms with Crippen LogP contribution in [0.5, 0.6) is 0 Å². The lowest BCUT2D eigenvalue weighted by Crippen LogP contribution is -2.38. The fourth-order valence-corrected chi connectivity index (χ4v) is 2.78. The summed E-state index contributed by atoms with van der Waals surface area (Å²) in [6, 6.07) is 0. The van der Waals surface area contributed by atoms with Gasteiger partial charge in [0.25, 0.3) is 0 Å². The molecule has 1 aromatic rings. The van der Waals surface area contributed by atoms with Crippen LogP contribution < -0.4 is 5.32 Å². The van der Waals surface area contributed by atoms with Crippen LogP contribution in [0.25, 0.3) is 0 Å². The molecule has 1 aliphatic heterocycles. The molecule has 0 aliphatic carbocycles. The van der Waals surface area contributed by atoms with E-state index in [1.54, 1.807) is 0 Å². The molecule has 1 atom stereocenters. The lowest BCUT2D eigenvalue weighted by atomic mass is 9.99. The van der Waals surface area contributed by atoms with Gasteiger partial charge in [0.15, 0.2) is 0 Å². The number of hydrogen-bond acceptors (Lipinski definition) is 4. The number of piperidine rings is 1. The third-order valence-corrected chi connectivity index (χ3v) is 4.00. The Morgan fingerprint density at radius 3 is 2.84 bits per heavy atom. The van der Waals surface area contributed by atoms with Crippen molar-refractivity contribution in [3.8, 4) is 0 Å². The van der Waals surface area contributed by atoms with Gasteiger partial charge in [-0.2, -0.15) is 0 Å². The first-order valence-corrected chi connectivity index (χ1v) is 7.48. The van der Waals surface area contributed by atoms with Crippen LogP contribution in [0.3, 0.4) is 0 Å². The van der Waals surface area contributed by atoms with E-state index in [1.165, 1.54) is 32.4 Å². The summed E-state index contributed by atoms with van der Waals surface area (Å²) in [6.45, 7) is 9.83. The molecule has 0 aromatic carbocycles. The number of nitrogens with zero attached hydrogens (tertiary/aromatic N) is 4. The van der Waals surface area contributed by atoms with Crippen molar-refractivity contribution in [3.05, 3.63) is 11.6 Å². The summed E-state index contributed by atoms with van der Waals surface area (Å²) in [4.78, 5) is 2.53. The van der Waals surface area contributed by atoms with E-state index in [2.05, 4.69) is 39.0 Å². The Kier molecular flexibility index (Phi) is 5.34. The second-order valence-electron chi connectivity index (χ2n) is 5.67. The third kappa shape index (κ3) is 4.01. The fraction of sp³-hybridized carbons (Fsp3) is 0.857. The van der Waals surface area contributed by atoms with Crippen LogP contribution >= 0.6 is 0 Å². The molecule has 2 rings (SSSR count). The van der Waals surface area contributed by atoms with E-state index in [0.29, 0.717) is 0 Å². The van der Waals surface area contributed by atoms with E-state index in [-0.39, 0.29) is 0 Å². The van der Waals surface area contributed by atoms with E-state index in [4.69, 9.17) is 0 Å². The predicted molar refractivity (Wildman–Crippen MR) is 76.9 cm³/mol. The average Bonchev–Trinajstić information content (AvgIpc) is 2.72. The summed E-state index contributed by atoms with van der Waals surface area (Å²) in [7, 11) is 2.05. The summed E-state index contributed by atoms with van der Waals surface area (Å²) in [5, 5.41) is 11.9. The highest BCUT2D eigenvalue weighted by atomic mass is 15.3. The molecule has 1 unspecified atom stereocenters. The van der Waals surface area contributed by atoms with E-state index >= 15 is 0 Å². The summed E-state index contributed by atoms with van der Waals surface area (Å²) in [5.74, 6) is 2.86. The molecule has 1 saturated heterocycles. The second kappa shape index (κ2) is 7.01. The van der Waals surface area contributed by atoms with Crippen molar-refractivity contribution in [1.82, 2.24) is 25.0 Å². The summed E-state index contributed by atoms with van der Waals surface area (Å²) in [5.41, 5.74) is 0. The fourth-order valence-electron chi connectivity index (χ4n) is 2.78. The van der Waals surface area contributed by atoms with Gasteiger partial charge in [0.05, 0.1) is 6.54 Å². The minimum absolute atomic E-state index is 0.787. The predicted octanol–water partition coefficient (Wildman–Crippen LogP) is 1.34. The second-order valence-corrected chi connectivity index (χ2v) is 5.67. The van der Waals surface area contributed by atoms with Crippen LogP contribution in [0.15, 0.2) is 0 Å². The normalized spacial score (nSPS) is 20.1. The van der Waals surface area contributed by atoms with Crippen LogP contribution in [0.1, 0.15) is 37.8 Å². The molecule has 1 N–H and O–H groups in total. The van der Waals surface area contributed by atoms with Gasteiger partial charge in [-0.1, -0.05) is 6.92 Å². The van der Waals surface area contributed by atoms with Gasteiger partial charge in [0, 0.05) is 13.6 Å². The maximum atomic E-state index is 4.29. The van der Waals surface area contributed by atoms with Crippen LogP contribution in [-0.2, 0) is 13.6 Å². The minimum atomic E-state index is 0.787. The van der Waals surface area contributed by atoms with E-state index in [9.17, 15) is 0 Å². The van der Waals surface area contributed by atoms with Crippen molar-refractivity contribution in [2.45, 2.75) is 39.7 Å². The van der Waals surface area contributed by atoms with Gasteiger partial charge < -0.3 is 9.88 Å². The van der Waals surface area contributed by atoms with Crippen LogP contribution in [0.4, 0.5) is 0 Å². The van der Waals surface area contributed by atoms with E-state index in [1.807, 2.05) is 6.92 Å². The van der Waals surface area contributed by atoms with Gasteiger partial charge in [0.2, 0.25) is 0 Å². The summed E-state index contributed by atoms with van der Waals surface area (Å²) >= 11 is 0. The first kappa shape index (κ1) is 14.5. The lowest BCUT2D eigenvalue weighted by Gasteiger charge is -2.29. The molecule has 1 aromatic heterocycles. The molecule has 0 radical (unpaired) electrons. The molecule has 0 bridgehead atoms. The first-order valence-electron chi connectivity index (χ1n) is 7.48. The molecule has 5 nitrogen and oxygen atoms in total. The Morgan fingerprint density at radius 1 is 1.42 bits per heavy atom. The van der Waals surface area contributed by atoms with Crippen molar-refractivity contribution < 1.29 is 0 Å². The van der Waals surface area contributed by atoms with Crippen molar-refractivity contribution >= 4 is 0 Å². The monoisotopic (exact) mass is 265 g/mol. The Balaban J connectivity index is 1.93.